The lowest BCUT2D eigenvalue weighted by molar-refractivity contribution is -0.210. The van der Waals surface area contributed by atoms with E-state index < -0.39 is 43.3 Å². The van der Waals surface area contributed by atoms with Crippen molar-refractivity contribution in [3.63, 3.8) is 0 Å². The molecule has 1 rings (SSSR count). The molecule has 10 heteroatoms. The fraction of sp³-hybridized carbons (Fsp3) is 0.438. The molecule has 26 heavy (non-hydrogen) atoms. The van der Waals surface area contributed by atoms with E-state index in [9.17, 15) is 35.4 Å². The Kier molecular flexibility index (Phi) is 8.45. The van der Waals surface area contributed by atoms with Gasteiger partial charge >= 0.3 is 5.97 Å². The van der Waals surface area contributed by atoms with Gasteiger partial charge in [0.1, 0.15) is 24.4 Å². The molecule has 0 saturated carbocycles. The quantitative estimate of drug-likeness (QED) is 0.141. The maximum absolute atomic E-state index is 11.6. The minimum atomic E-state index is -2.20. The van der Waals surface area contributed by atoms with E-state index in [0.29, 0.717) is 5.56 Å². The molecular weight excluding hydrogens is 352 g/mol. The second-order valence-electron chi connectivity index (χ2n) is 5.31. The van der Waals surface area contributed by atoms with Gasteiger partial charge in [-0.3, -0.25) is 0 Å². The maximum atomic E-state index is 11.6. The zero-order chi connectivity index (χ0) is 19.9. The Balaban J connectivity index is 2.66. The van der Waals surface area contributed by atoms with Crippen molar-refractivity contribution in [2.24, 2.45) is 0 Å². The third kappa shape index (κ3) is 5.95. The van der Waals surface area contributed by atoms with Gasteiger partial charge in [-0.15, -0.1) is 0 Å². The van der Waals surface area contributed by atoms with Crippen LogP contribution in [0.1, 0.15) is 5.56 Å². The van der Waals surface area contributed by atoms with Gasteiger partial charge < -0.3 is 45.2 Å². The molecular formula is C16H22O10. The molecule has 0 spiro atoms. The van der Waals surface area contributed by atoms with E-state index in [2.05, 4.69) is 4.74 Å². The predicted molar refractivity (Wildman–Crippen MR) is 86.9 cm³/mol. The highest BCUT2D eigenvalue weighted by Crippen LogP contribution is 2.26. The van der Waals surface area contributed by atoms with Gasteiger partial charge in [0.25, 0.3) is 0 Å². The lowest BCUT2D eigenvalue weighted by atomic mass is 10.0. The molecule has 1 aromatic rings. The largest absolute Gasteiger partial charge is 0.504 e. The monoisotopic (exact) mass is 374 g/mol. The number of aliphatic hydroxyl groups is 6. The number of hydrogen-bond acceptors (Lipinski definition) is 10. The van der Waals surface area contributed by atoms with Crippen LogP contribution in [0.3, 0.4) is 0 Å². The van der Waals surface area contributed by atoms with Crippen molar-refractivity contribution in [3.05, 3.63) is 29.8 Å². The van der Waals surface area contributed by atoms with E-state index in [0.717, 1.165) is 6.08 Å². The molecule has 1 aromatic carbocycles. The summed E-state index contributed by atoms with van der Waals surface area (Å²) in [7, 11) is 1.35. The molecule has 7 N–H and O–H groups in total. The molecule has 0 radical (unpaired) electrons. The third-order valence-electron chi connectivity index (χ3n) is 3.43. The molecule has 0 fully saturated rings. The average Bonchev–Trinajstić information content (AvgIpc) is 2.64. The fourth-order valence-corrected chi connectivity index (χ4v) is 1.90. The number of carbonyl (C=O) groups is 1. The highest BCUT2D eigenvalue weighted by Gasteiger charge is 2.35. The molecule has 0 saturated heterocycles. The van der Waals surface area contributed by atoms with Crippen LogP contribution in [0.5, 0.6) is 11.5 Å². The van der Waals surface area contributed by atoms with Gasteiger partial charge in [-0.05, 0) is 23.8 Å². The smallest absolute Gasteiger partial charge is 0.333 e. The number of aromatic hydroxyl groups is 1. The second-order valence-corrected chi connectivity index (χ2v) is 5.31. The van der Waals surface area contributed by atoms with Gasteiger partial charge in [0.05, 0.1) is 13.7 Å². The highest BCUT2D eigenvalue weighted by atomic mass is 16.6. The van der Waals surface area contributed by atoms with Gasteiger partial charge in [0.2, 0.25) is 6.29 Å². The number of esters is 1. The van der Waals surface area contributed by atoms with Crippen LogP contribution in [0, 0.1) is 0 Å². The third-order valence-corrected chi connectivity index (χ3v) is 3.43. The fourth-order valence-electron chi connectivity index (χ4n) is 1.90. The maximum Gasteiger partial charge on any atom is 0.333 e. The molecule has 1 unspecified atom stereocenters. The summed E-state index contributed by atoms with van der Waals surface area (Å²) in [5.74, 6) is -0.994. The summed E-state index contributed by atoms with van der Waals surface area (Å²) in [5.41, 5.74) is 0.466. The van der Waals surface area contributed by atoms with Gasteiger partial charge in [-0.1, -0.05) is 6.07 Å². The summed E-state index contributed by atoms with van der Waals surface area (Å²) in [6.07, 6.45) is -7.94. The standard InChI is InChI=1S/C16H22O10/c1-25-11-6-8(2-4-9(11)18)3-5-12(20)26-16(24)15(23)14(22)13(21)10(19)7-17/h2-6,10,13-19,21-24H,7H2,1H3/t10-,13-,14+,15-,16?/m1/s1. The summed E-state index contributed by atoms with van der Waals surface area (Å²) in [6, 6.07) is 4.25. The molecule has 0 heterocycles. The molecule has 5 atom stereocenters. The Morgan fingerprint density at radius 1 is 1.12 bits per heavy atom. The van der Waals surface area contributed by atoms with Crippen LogP contribution < -0.4 is 4.74 Å². The van der Waals surface area contributed by atoms with Crippen molar-refractivity contribution in [2.75, 3.05) is 13.7 Å². The summed E-state index contributed by atoms with van der Waals surface area (Å²) >= 11 is 0. The summed E-state index contributed by atoms with van der Waals surface area (Å²) in [4.78, 5) is 11.6. The lowest BCUT2D eigenvalue weighted by Gasteiger charge is -2.27. The zero-order valence-corrected chi connectivity index (χ0v) is 13.8. The number of ether oxygens (including phenoxy) is 2. The Bertz CT molecular complexity index is 617. The van der Waals surface area contributed by atoms with Crippen LogP contribution in [0.4, 0.5) is 0 Å². The van der Waals surface area contributed by atoms with Crippen LogP contribution in [-0.2, 0) is 9.53 Å². The first-order valence-corrected chi connectivity index (χ1v) is 7.48. The van der Waals surface area contributed by atoms with Crippen LogP contribution in [-0.4, -0.2) is 86.1 Å². The SMILES string of the molecule is COc1cc(C=CC(=O)OC(O)[C@H](O)[C@@H](O)[C@H](O)[C@H](O)CO)ccc1O. The second kappa shape index (κ2) is 10.1. The van der Waals surface area contributed by atoms with Crippen LogP contribution in [0.2, 0.25) is 0 Å². The number of methoxy groups -OCH3 is 1. The molecule has 0 aliphatic carbocycles. The van der Waals surface area contributed by atoms with E-state index in [1.165, 1.54) is 31.4 Å². The molecule has 0 aliphatic rings. The van der Waals surface area contributed by atoms with Crippen LogP contribution >= 0.6 is 0 Å². The van der Waals surface area contributed by atoms with Crippen molar-refractivity contribution in [2.45, 2.75) is 30.7 Å². The molecule has 0 bridgehead atoms. The van der Waals surface area contributed by atoms with Crippen molar-refractivity contribution < 1.29 is 50.0 Å². The van der Waals surface area contributed by atoms with Crippen LogP contribution in [0.25, 0.3) is 6.08 Å². The van der Waals surface area contributed by atoms with Gasteiger partial charge in [0, 0.05) is 6.08 Å². The van der Waals surface area contributed by atoms with Gasteiger partial charge in [0.15, 0.2) is 11.5 Å². The minimum Gasteiger partial charge on any atom is -0.504 e. The van der Waals surface area contributed by atoms with Gasteiger partial charge in [-0.25, -0.2) is 4.79 Å². The molecule has 0 amide bonds. The highest BCUT2D eigenvalue weighted by molar-refractivity contribution is 5.87. The van der Waals surface area contributed by atoms with Crippen molar-refractivity contribution >= 4 is 12.0 Å². The summed E-state index contributed by atoms with van der Waals surface area (Å²) < 4.78 is 9.39. The Morgan fingerprint density at radius 3 is 2.35 bits per heavy atom. The first-order chi connectivity index (χ1) is 12.2. The Hall–Kier alpha value is -2.21. The van der Waals surface area contributed by atoms with Crippen LogP contribution in [0.15, 0.2) is 24.3 Å². The van der Waals surface area contributed by atoms with Crippen molar-refractivity contribution in [3.8, 4) is 11.5 Å². The molecule has 0 aliphatic heterocycles. The number of carbonyl (C=O) groups excluding carboxylic acids is 1. The van der Waals surface area contributed by atoms with E-state index in [-0.39, 0.29) is 11.5 Å². The van der Waals surface area contributed by atoms with E-state index in [1.54, 1.807) is 0 Å². The van der Waals surface area contributed by atoms with E-state index >= 15 is 0 Å². The Morgan fingerprint density at radius 2 is 1.77 bits per heavy atom. The summed E-state index contributed by atoms with van der Waals surface area (Å²) in [6.45, 7) is -0.889. The summed E-state index contributed by atoms with van der Waals surface area (Å²) in [5, 5.41) is 65.6. The van der Waals surface area contributed by atoms with Crippen molar-refractivity contribution in [1.82, 2.24) is 0 Å². The molecule has 0 aromatic heterocycles. The number of phenols is 1. The topological polar surface area (TPSA) is 177 Å². The van der Waals surface area contributed by atoms with Gasteiger partial charge in [-0.2, -0.15) is 0 Å². The Labute approximate surface area is 148 Å². The first kappa shape index (κ1) is 21.8. The number of aliphatic hydroxyl groups excluding tert-OH is 6. The van der Waals surface area contributed by atoms with E-state index in [1.807, 2.05) is 0 Å². The molecule has 146 valence electrons. The number of phenolic OH excluding ortho intramolecular Hbond substituents is 1. The number of hydrogen-bond donors (Lipinski definition) is 7. The molecule has 10 nitrogen and oxygen atoms in total. The minimum absolute atomic E-state index is 0.0941. The first-order valence-electron chi connectivity index (χ1n) is 7.48. The lowest BCUT2D eigenvalue weighted by Crippen LogP contribution is -2.50. The predicted octanol–water partition coefficient (Wildman–Crippen LogP) is -2.29. The normalized spacial score (nSPS) is 17.3. The van der Waals surface area contributed by atoms with E-state index in [4.69, 9.17) is 9.84 Å². The number of benzene rings is 1. The van der Waals surface area contributed by atoms with Crippen molar-refractivity contribution in [1.29, 1.82) is 0 Å². The number of rotatable bonds is 9. The zero-order valence-electron chi connectivity index (χ0n) is 13.8. The average molecular weight is 374 g/mol.